The molecule has 104 valence electrons. The van der Waals surface area contributed by atoms with Gasteiger partial charge < -0.3 is 10.6 Å². The molecule has 2 aromatic rings. The molecule has 0 aliphatic carbocycles. The minimum absolute atomic E-state index is 0.0145. The molecule has 0 fully saturated rings. The van der Waals surface area contributed by atoms with Gasteiger partial charge in [0.2, 0.25) is 5.91 Å². The van der Waals surface area contributed by atoms with Gasteiger partial charge in [0.1, 0.15) is 0 Å². The maximum absolute atomic E-state index is 13.0. The van der Waals surface area contributed by atoms with E-state index >= 15 is 0 Å². The Bertz CT molecular complexity index is 634. The van der Waals surface area contributed by atoms with Crippen LogP contribution in [0.1, 0.15) is 0 Å². The van der Waals surface area contributed by atoms with E-state index in [2.05, 4.69) is 10.6 Å². The lowest BCUT2D eigenvalue weighted by Crippen LogP contribution is -2.21. The number of hydrogen-bond donors (Lipinski definition) is 2. The first-order chi connectivity index (χ1) is 9.54. The average molecular weight is 297 g/mol. The molecule has 0 saturated heterocycles. The van der Waals surface area contributed by atoms with Gasteiger partial charge in [0.25, 0.3) is 0 Å². The summed E-state index contributed by atoms with van der Waals surface area (Å²) < 4.78 is 25.7. The molecule has 0 atom stereocenters. The molecule has 2 aromatic carbocycles. The SMILES string of the molecule is O=C(CNc1cccc(Cl)c1)Nc1ccc(F)c(F)c1. The van der Waals surface area contributed by atoms with Crippen molar-refractivity contribution in [3.05, 3.63) is 59.1 Å². The summed E-state index contributed by atoms with van der Waals surface area (Å²) in [4.78, 5) is 11.6. The van der Waals surface area contributed by atoms with Crippen LogP contribution in [-0.4, -0.2) is 12.5 Å². The molecule has 3 nitrogen and oxygen atoms in total. The molecule has 2 N–H and O–H groups in total. The van der Waals surface area contributed by atoms with Gasteiger partial charge in [-0.1, -0.05) is 17.7 Å². The summed E-state index contributed by atoms with van der Waals surface area (Å²) in [6, 6.07) is 10.1. The zero-order chi connectivity index (χ0) is 14.5. The third-order valence-corrected chi connectivity index (χ3v) is 2.72. The summed E-state index contributed by atoms with van der Waals surface area (Å²) in [5, 5.41) is 5.87. The fourth-order valence-electron chi connectivity index (χ4n) is 1.56. The largest absolute Gasteiger partial charge is 0.376 e. The van der Waals surface area contributed by atoms with E-state index in [9.17, 15) is 13.6 Å². The van der Waals surface area contributed by atoms with E-state index < -0.39 is 11.6 Å². The van der Waals surface area contributed by atoms with E-state index in [0.29, 0.717) is 10.7 Å². The van der Waals surface area contributed by atoms with Gasteiger partial charge in [-0.15, -0.1) is 0 Å². The number of carbonyl (C=O) groups excluding carboxylic acids is 1. The standard InChI is InChI=1S/C14H11ClF2N2O/c15-9-2-1-3-10(6-9)18-8-14(20)19-11-4-5-12(16)13(17)7-11/h1-7,18H,8H2,(H,19,20). The van der Waals surface area contributed by atoms with Crippen LogP contribution in [0.5, 0.6) is 0 Å². The van der Waals surface area contributed by atoms with Crippen LogP contribution in [0.4, 0.5) is 20.2 Å². The highest BCUT2D eigenvalue weighted by Crippen LogP contribution is 2.15. The van der Waals surface area contributed by atoms with Crippen molar-refractivity contribution in [3.63, 3.8) is 0 Å². The summed E-state index contributed by atoms with van der Waals surface area (Å²) in [6.07, 6.45) is 0. The molecule has 0 aliphatic heterocycles. The van der Waals surface area contributed by atoms with E-state index in [0.717, 1.165) is 12.1 Å². The minimum atomic E-state index is -1.01. The third kappa shape index (κ3) is 3.93. The topological polar surface area (TPSA) is 41.1 Å². The lowest BCUT2D eigenvalue weighted by atomic mass is 10.3. The molecule has 0 heterocycles. The van der Waals surface area contributed by atoms with Crippen molar-refractivity contribution in [2.45, 2.75) is 0 Å². The Hall–Kier alpha value is -2.14. The van der Waals surface area contributed by atoms with Crippen molar-refractivity contribution < 1.29 is 13.6 Å². The summed E-state index contributed by atoms with van der Waals surface area (Å²) in [5.74, 6) is -2.35. The van der Waals surface area contributed by atoms with Gasteiger partial charge >= 0.3 is 0 Å². The number of amides is 1. The average Bonchev–Trinajstić information content (AvgIpc) is 2.41. The second-order valence-electron chi connectivity index (χ2n) is 4.04. The number of hydrogen-bond acceptors (Lipinski definition) is 2. The predicted molar refractivity (Wildman–Crippen MR) is 74.9 cm³/mol. The van der Waals surface area contributed by atoms with Crippen molar-refractivity contribution in [3.8, 4) is 0 Å². The first-order valence-corrected chi connectivity index (χ1v) is 6.17. The summed E-state index contributed by atoms with van der Waals surface area (Å²) >= 11 is 5.80. The molecule has 0 spiro atoms. The fraction of sp³-hybridized carbons (Fsp3) is 0.0714. The number of anilines is 2. The minimum Gasteiger partial charge on any atom is -0.376 e. The molecule has 0 bridgehead atoms. The molecule has 2 rings (SSSR count). The predicted octanol–water partition coefficient (Wildman–Crippen LogP) is 3.67. The van der Waals surface area contributed by atoms with Crippen LogP contribution in [0, 0.1) is 11.6 Å². The summed E-state index contributed by atoms with van der Waals surface area (Å²) in [6.45, 7) is -0.0145. The highest BCUT2D eigenvalue weighted by atomic mass is 35.5. The molecular formula is C14H11ClF2N2O. The number of benzene rings is 2. The van der Waals surface area contributed by atoms with Crippen LogP contribution >= 0.6 is 11.6 Å². The summed E-state index contributed by atoms with van der Waals surface area (Å²) in [5.41, 5.74) is 0.889. The number of carbonyl (C=O) groups is 1. The monoisotopic (exact) mass is 296 g/mol. The van der Waals surface area contributed by atoms with E-state index in [4.69, 9.17) is 11.6 Å². The van der Waals surface area contributed by atoms with Crippen molar-refractivity contribution >= 4 is 28.9 Å². The van der Waals surface area contributed by atoms with Gasteiger partial charge in [0.05, 0.1) is 6.54 Å². The van der Waals surface area contributed by atoms with Crippen LogP contribution in [0.15, 0.2) is 42.5 Å². The first-order valence-electron chi connectivity index (χ1n) is 5.79. The van der Waals surface area contributed by atoms with Crippen molar-refractivity contribution in [1.82, 2.24) is 0 Å². The molecule has 0 radical (unpaired) electrons. The van der Waals surface area contributed by atoms with Crippen molar-refractivity contribution in [2.75, 3.05) is 17.2 Å². The molecule has 20 heavy (non-hydrogen) atoms. The molecular weight excluding hydrogens is 286 g/mol. The lowest BCUT2D eigenvalue weighted by molar-refractivity contribution is -0.114. The Morgan fingerprint density at radius 2 is 1.85 bits per heavy atom. The Balaban J connectivity index is 1.91. The van der Waals surface area contributed by atoms with Crippen LogP contribution in [0.25, 0.3) is 0 Å². The maximum Gasteiger partial charge on any atom is 0.243 e. The number of rotatable bonds is 4. The molecule has 0 aliphatic rings. The molecule has 0 unspecified atom stereocenters. The molecule has 6 heteroatoms. The quantitative estimate of drug-likeness (QED) is 0.904. The normalized spacial score (nSPS) is 10.2. The Morgan fingerprint density at radius 1 is 1.05 bits per heavy atom. The Labute approximate surface area is 119 Å². The van der Waals surface area contributed by atoms with Crippen LogP contribution in [0.2, 0.25) is 5.02 Å². The Kier molecular flexibility index (Phi) is 4.53. The number of halogens is 3. The van der Waals surface area contributed by atoms with Crippen LogP contribution < -0.4 is 10.6 Å². The van der Waals surface area contributed by atoms with E-state index in [1.165, 1.54) is 6.07 Å². The van der Waals surface area contributed by atoms with Crippen molar-refractivity contribution in [1.29, 1.82) is 0 Å². The van der Waals surface area contributed by atoms with Crippen LogP contribution in [-0.2, 0) is 4.79 Å². The van der Waals surface area contributed by atoms with Gasteiger partial charge in [-0.05, 0) is 30.3 Å². The molecule has 0 aromatic heterocycles. The van der Waals surface area contributed by atoms with Gasteiger partial charge in [0.15, 0.2) is 11.6 Å². The lowest BCUT2D eigenvalue weighted by Gasteiger charge is -2.08. The van der Waals surface area contributed by atoms with E-state index in [-0.39, 0.29) is 18.1 Å². The fourth-order valence-corrected chi connectivity index (χ4v) is 1.75. The first kappa shape index (κ1) is 14.3. The molecule has 1 amide bonds. The highest BCUT2D eigenvalue weighted by Gasteiger charge is 2.06. The van der Waals surface area contributed by atoms with Crippen LogP contribution in [0.3, 0.4) is 0 Å². The van der Waals surface area contributed by atoms with Gasteiger partial charge in [-0.3, -0.25) is 4.79 Å². The van der Waals surface area contributed by atoms with E-state index in [1.54, 1.807) is 24.3 Å². The summed E-state index contributed by atoms with van der Waals surface area (Å²) in [7, 11) is 0. The van der Waals surface area contributed by atoms with Gasteiger partial charge in [0, 0.05) is 22.5 Å². The van der Waals surface area contributed by atoms with E-state index in [1.807, 2.05) is 0 Å². The molecule has 0 saturated carbocycles. The smallest absolute Gasteiger partial charge is 0.243 e. The third-order valence-electron chi connectivity index (χ3n) is 2.48. The highest BCUT2D eigenvalue weighted by molar-refractivity contribution is 6.30. The second kappa shape index (κ2) is 6.34. The van der Waals surface area contributed by atoms with Gasteiger partial charge in [-0.2, -0.15) is 0 Å². The number of nitrogens with one attached hydrogen (secondary N) is 2. The Morgan fingerprint density at radius 3 is 2.55 bits per heavy atom. The van der Waals surface area contributed by atoms with Gasteiger partial charge in [-0.25, -0.2) is 8.78 Å². The second-order valence-corrected chi connectivity index (χ2v) is 4.48. The zero-order valence-electron chi connectivity index (χ0n) is 10.3. The van der Waals surface area contributed by atoms with Crippen molar-refractivity contribution in [2.24, 2.45) is 0 Å². The maximum atomic E-state index is 13.0. The zero-order valence-corrected chi connectivity index (χ0v) is 11.0.